The summed E-state index contributed by atoms with van der Waals surface area (Å²) in [5.41, 5.74) is 0. The first-order chi connectivity index (χ1) is 22.4. The molecule has 1 heterocycles. The van der Waals surface area contributed by atoms with Gasteiger partial charge in [-0.2, -0.15) is 9.98 Å². The van der Waals surface area contributed by atoms with E-state index >= 15 is 0 Å². The summed E-state index contributed by atoms with van der Waals surface area (Å²) in [7, 11) is 0. The lowest BCUT2D eigenvalue weighted by Crippen LogP contribution is -2.56. The molecular formula is C37H75N5O4. The van der Waals surface area contributed by atoms with Gasteiger partial charge in [-0.3, -0.25) is 9.91 Å². The van der Waals surface area contributed by atoms with Crippen molar-refractivity contribution >= 4 is 11.9 Å². The van der Waals surface area contributed by atoms with E-state index < -0.39 is 5.97 Å². The Morgan fingerprint density at radius 2 is 1.13 bits per heavy atom. The second-order valence-corrected chi connectivity index (χ2v) is 13.0. The molecular weight excluding hydrogens is 578 g/mol. The Bertz CT molecular complexity index is 750. The number of nitrogens with zero attached hydrogens (tertiary/aromatic N) is 4. The molecule has 0 bridgehead atoms. The molecule has 2 N–H and O–H groups in total. The lowest BCUT2D eigenvalue weighted by Gasteiger charge is -2.38. The molecule has 0 aliphatic carbocycles. The first-order valence-corrected chi connectivity index (χ1v) is 19.4. The van der Waals surface area contributed by atoms with Crippen LogP contribution in [-0.4, -0.2) is 73.0 Å². The van der Waals surface area contributed by atoms with Gasteiger partial charge in [0.1, 0.15) is 5.84 Å². The Balaban J connectivity index is 2.46. The lowest BCUT2D eigenvalue weighted by atomic mass is 10.0. The summed E-state index contributed by atoms with van der Waals surface area (Å²) >= 11 is 0. The highest BCUT2D eigenvalue weighted by Gasteiger charge is 2.32. The number of aliphatic imine (C=N–C) groups is 2. The topological polar surface area (TPSA) is 94.1 Å². The molecule has 0 spiro atoms. The number of unbranched alkanes of at least 4 members (excludes halogenated alkanes) is 15. The molecule has 1 aliphatic heterocycles. The fourth-order valence-corrected chi connectivity index (χ4v) is 6.07. The minimum Gasteiger partial charge on any atom is -0.461 e. The van der Waals surface area contributed by atoms with Crippen molar-refractivity contribution in [3.63, 3.8) is 0 Å². The van der Waals surface area contributed by atoms with Crippen LogP contribution in [0.15, 0.2) is 9.98 Å². The van der Waals surface area contributed by atoms with E-state index in [2.05, 4.69) is 18.7 Å². The van der Waals surface area contributed by atoms with Crippen molar-refractivity contribution in [2.45, 2.75) is 195 Å². The molecule has 0 saturated heterocycles. The van der Waals surface area contributed by atoms with Gasteiger partial charge in [-0.05, 0) is 60.3 Å². The van der Waals surface area contributed by atoms with E-state index in [4.69, 9.17) is 34.8 Å². The largest absolute Gasteiger partial charge is 0.461 e. The van der Waals surface area contributed by atoms with E-state index in [0.29, 0.717) is 25.8 Å². The third-order valence-electron chi connectivity index (χ3n) is 8.49. The van der Waals surface area contributed by atoms with E-state index in [0.717, 1.165) is 44.6 Å². The van der Waals surface area contributed by atoms with E-state index in [1.165, 1.54) is 103 Å². The number of hydrazine groups is 1. The Morgan fingerprint density at radius 1 is 0.674 bits per heavy atom. The summed E-state index contributed by atoms with van der Waals surface area (Å²) in [5.74, 6) is 6.80. The van der Waals surface area contributed by atoms with Gasteiger partial charge in [0.05, 0.1) is 6.10 Å². The highest BCUT2D eigenvalue weighted by atomic mass is 16.9. The van der Waals surface area contributed by atoms with Crippen molar-refractivity contribution in [3.05, 3.63) is 0 Å². The number of hydrogen-bond acceptors (Lipinski definition) is 9. The fourth-order valence-electron chi connectivity index (χ4n) is 6.07. The van der Waals surface area contributed by atoms with Crippen molar-refractivity contribution in [3.8, 4) is 0 Å². The summed E-state index contributed by atoms with van der Waals surface area (Å²) in [6.07, 6.45) is 23.5. The van der Waals surface area contributed by atoms with Crippen LogP contribution in [0.3, 0.4) is 0 Å². The quantitative estimate of drug-likeness (QED) is 0.0452. The molecule has 9 heteroatoms. The smallest absolute Gasteiger partial charge is 0.316 e. The van der Waals surface area contributed by atoms with E-state index in [1.807, 2.05) is 39.6 Å². The number of rotatable bonds is 31. The van der Waals surface area contributed by atoms with Gasteiger partial charge < -0.3 is 18.9 Å². The van der Waals surface area contributed by atoms with Gasteiger partial charge in [-0.1, -0.05) is 104 Å². The molecule has 0 saturated carbocycles. The highest BCUT2D eigenvalue weighted by Crippen LogP contribution is 2.24. The highest BCUT2D eigenvalue weighted by molar-refractivity contribution is 5.95. The molecule has 46 heavy (non-hydrogen) atoms. The van der Waals surface area contributed by atoms with Gasteiger partial charge in [-0.25, -0.2) is 5.84 Å². The molecule has 0 fully saturated rings. The van der Waals surface area contributed by atoms with Gasteiger partial charge in [0.2, 0.25) is 0 Å². The molecule has 0 aromatic carbocycles. The maximum Gasteiger partial charge on any atom is 0.316 e. The molecule has 1 aliphatic rings. The molecule has 272 valence electrons. The third kappa shape index (κ3) is 18.9. The zero-order chi connectivity index (χ0) is 33.9. The van der Waals surface area contributed by atoms with E-state index in [9.17, 15) is 0 Å². The number of ether oxygens (including phenoxy) is 4. The fraction of sp³-hybridized carbons (Fsp3) is 0.946. The monoisotopic (exact) mass is 654 g/mol. The van der Waals surface area contributed by atoms with E-state index in [1.54, 1.807) is 0 Å². The lowest BCUT2D eigenvalue weighted by molar-refractivity contribution is -0.380. The summed E-state index contributed by atoms with van der Waals surface area (Å²) in [5, 5.41) is 1.83. The molecule has 9 nitrogen and oxygen atoms in total. The molecule has 1 atom stereocenters. The van der Waals surface area contributed by atoms with Crippen molar-refractivity contribution in [2.24, 2.45) is 15.8 Å². The van der Waals surface area contributed by atoms with Gasteiger partial charge in [0, 0.05) is 45.8 Å². The predicted octanol–water partition coefficient (Wildman–Crippen LogP) is 9.55. The van der Waals surface area contributed by atoms with Crippen molar-refractivity contribution in [1.82, 2.24) is 9.91 Å². The molecule has 0 aromatic rings. The Kier molecular flexibility index (Phi) is 25.7. The normalized spacial score (nSPS) is 15.6. The summed E-state index contributed by atoms with van der Waals surface area (Å²) < 4.78 is 23.6. The number of hydrogen-bond donors (Lipinski definition) is 1. The van der Waals surface area contributed by atoms with Gasteiger partial charge in [0.25, 0.3) is 5.97 Å². The minimum atomic E-state index is -0.860. The molecule has 0 amide bonds. The van der Waals surface area contributed by atoms with E-state index in [-0.39, 0.29) is 12.4 Å². The third-order valence-corrected chi connectivity index (χ3v) is 8.49. The SMILES string of the molecule is CCCCCCN(CCCCCC)C1N=C(OC(C)C)N=C(CCCCCCCCCCCCC(OCC)(OCC)OCC)N1N. The van der Waals surface area contributed by atoms with Crippen molar-refractivity contribution in [1.29, 1.82) is 0 Å². The second kappa shape index (κ2) is 27.7. The molecule has 1 unspecified atom stereocenters. The molecule has 0 aromatic heterocycles. The molecule has 0 radical (unpaired) electrons. The Morgan fingerprint density at radius 3 is 1.59 bits per heavy atom. The first-order valence-electron chi connectivity index (χ1n) is 19.4. The maximum absolute atomic E-state index is 6.75. The van der Waals surface area contributed by atoms with Crippen LogP contribution in [0.1, 0.15) is 177 Å². The standard InChI is InChI=1S/C37H75N5O4/c1-8-13-15-27-31-41(32-28-16-14-9-2)36-40-35(46-33(6)7)39-34(42(36)38)29-25-23-21-19-17-18-20-22-24-26-30-37(43-10-3,44-11-4)45-12-5/h33,36H,8-32,38H2,1-7H3. The number of nitrogens with two attached hydrogens (primary N) is 1. The predicted molar refractivity (Wildman–Crippen MR) is 194 cm³/mol. The zero-order valence-corrected chi connectivity index (χ0v) is 31.3. The minimum absolute atomic E-state index is 0.0325. The van der Waals surface area contributed by atoms with Crippen LogP contribution in [0.5, 0.6) is 0 Å². The van der Waals surface area contributed by atoms with Crippen molar-refractivity contribution in [2.75, 3.05) is 32.9 Å². The average molecular weight is 654 g/mol. The Labute approximate surface area is 284 Å². The first kappa shape index (κ1) is 42.8. The zero-order valence-electron chi connectivity index (χ0n) is 31.3. The van der Waals surface area contributed by atoms with Gasteiger partial charge >= 0.3 is 6.02 Å². The van der Waals surface area contributed by atoms with Crippen LogP contribution in [0.4, 0.5) is 0 Å². The van der Waals surface area contributed by atoms with Crippen LogP contribution in [0.2, 0.25) is 0 Å². The number of amidine groups is 2. The van der Waals surface area contributed by atoms with Crippen LogP contribution in [0, 0.1) is 0 Å². The van der Waals surface area contributed by atoms with Crippen LogP contribution >= 0.6 is 0 Å². The summed E-state index contributed by atoms with van der Waals surface area (Å²) in [6.45, 7) is 18.4. The van der Waals surface area contributed by atoms with Gasteiger partial charge in [0.15, 0.2) is 6.29 Å². The maximum atomic E-state index is 6.75. The summed E-state index contributed by atoms with van der Waals surface area (Å²) in [6, 6.07) is 0.489. The average Bonchev–Trinajstić information content (AvgIpc) is 3.02. The summed E-state index contributed by atoms with van der Waals surface area (Å²) in [4.78, 5) is 12.1. The van der Waals surface area contributed by atoms with Gasteiger partial charge in [-0.15, -0.1) is 0 Å². The van der Waals surface area contributed by atoms with Crippen LogP contribution in [-0.2, 0) is 18.9 Å². The van der Waals surface area contributed by atoms with Crippen LogP contribution < -0.4 is 5.84 Å². The van der Waals surface area contributed by atoms with Crippen LogP contribution in [0.25, 0.3) is 0 Å². The molecule has 1 rings (SSSR count). The van der Waals surface area contributed by atoms with Crippen molar-refractivity contribution < 1.29 is 18.9 Å². The second-order valence-electron chi connectivity index (χ2n) is 13.0. The Hall–Kier alpha value is -1.26.